The van der Waals surface area contributed by atoms with Gasteiger partial charge in [0.15, 0.2) is 0 Å². The van der Waals surface area contributed by atoms with E-state index in [0.717, 1.165) is 37.9 Å². The second kappa shape index (κ2) is 14.9. The second-order valence-electron chi connectivity index (χ2n) is 9.83. The summed E-state index contributed by atoms with van der Waals surface area (Å²) in [6.07, 6.45) is 7.96. The predicted octanol–water partition coefficient (Wildman–Crippen LogP) is 7.09. The summed E-state index contributed by atoms with van der Waals surface area (Å²) in [7, 11) is -3.60. The van der Waals surface area contributed by atoms with Crippen molar-refractivity contribution in [3.05, 3.63) is 102 Å². The SMILES string of the molecule is CCCCCCCCC(CN(Cc1ccccc1)Cc1ccccc1)NS(=O)(=O)c1ccc(C)cc1. The standard InChI is InChI=1S/C31H42N2O2S/c1-3-4-5-6-7-14-19-30(32-36(34,35)31-22-20-27(2)21-23-31)26-33(24-28-15-10-8-11-16-28)25-29-17-12-9-13-18-29/h8-13,15-18,20-23,30,32H,3-7,14,19,24-26H2,1-2H3. The van der Waals surface area contributed by atoms with Crippen molar-refractivity contribution < 1.29 is 8.42 Å². The Morgan fingerprint density at radius 2 is 1.25 bits per heavy atom. The first-order valence-corrected chi connectivity index (χ1v) is 14.8. The number of aryl methyl sites for hydroxylation is 1. The highest BCUT2D eigenvalue weighted by atomic mass is 32.2. The van der Waals surface area contributed by atoms with Crippen LogP contribution in [0.1, 0.15) is 68.6 Å². The summed E-state index contributed by atoms with van der Waals surface area (Å²) in [4.78, 5) is 2.70. The molecule has 3 rings (SSSR count). The van der Waals surface area contributed by atoms with E-state index in [1.807, 2.05) is 31.2 Å². The molecule has 0 aliphatic rings. The summed E-state index contributed by atoms with van der Waals surface area (Å²) in [6, 6.07) is 27.8. The van der Waals surface area contributed by atoms with Gasteiger partial charge in [-0.1, -0.05) is 124 Å². The van der Waals surface area contributed by atoms with Crippen molar-refractivity contribution in [1.29, 1.82) is 0 Å². The van der Waals surface area contributed by atoms with Gasteiger partial charge < -0.3 is 0 Å². The summed E-state index contributed by atoms with van der Waals surface area (Å²) in [5, 5.41) is 0. The third-order valence-corrected chi connectivity index (χ3v) is 8.07. The highest BCUT2D eigenvalue weighted by molar-refractivity contribution is 7.89. The largest absolute Gasteiger partial charge is 0.293 e. The fourth-order valence-electron chi connectivity index (χ4n) is 4.54. The van der Waals surface area contributed by atoms with E-state index in [0.29, 0.717) is 11.4 Å². The Kier molecular flexibility index (Phi) is 11.7. The maximum absolute atomic E-state index is 13.3. The molecule has 0 aliphatic heterocycles. The Bertz CT molecular complexity index is 1060. The number of benzene rings is 3. The van der Waals surface area contributed by atoms with E-state index in [1.165, 1.54) is 36.8 Å². The van der Waals surface area contributed by atoms with Gasteiger partial charge in [0.2, 0.25) is 10.0 Å². The maximum atomic E-state index is 13.3. The van der Waals surface area contributed by atoms with Crippen LogP contribution in [0.15, 0.2) is 89.8 Å². The molecule has 194 valence electrons. The molecule has 3 aromatic carbocycles. The Morgan fingerprint density at radius 3 is 1.81 bits per heavy atom. The fraction of sp³-hybridized carbons (Fsp3) is 0.419. The zero-order valence-electron chi connectivity index (χ0n) is 21.9. The zero-order valence-corrected chi connectivity index (χ0v) is 22.7. The summed E-state index contributed by atoms with van der Waals surface area (Å²) in [5.74, 6) is 0. The van der Waals surface area contributed by atoms with E-state index in [4.69, 9.17) is 0 Å². The molecular weight excluding hydrogens is 464 g/mol. The zero-order chi connectivity index (χ0) is 25.6. The van der Waals surface area contributed by atoms with Gasteiger partial charge in [0.05, 0.1) is 4.90 Å². The van der Waals surface area contributed by atoms with Crippen molar-refractivity contribution in [2.24, 2.45) is 0 Å². The maximum Gasteiger partial charge on any atom is 0.240 e. The molecule has 36 heavy (non-hydrogen) atoms. The molecule has 0 heterocycles. The summed E-state index contributed by atoms with van der Waals surface area (Å²) in [5.41, 5.74) is 3.51. The first-order valence-electron chi connectivity index (χ1n) is 13.4. The van der Waals surface area contributed by atoms with E-state index < -0.39 is 10.0 Å². The summed E-state index contributed by atoms with van der Waals surface area (Å²) >= 11 is 0. The van der Waals surface area contributed by atoms with Crippen molar-refractivity contribution in [2.75, 3.05) is 6.54 Å². The summed E-state index contributed by atoms with van der Waals surface area (Å²) < 4.78 is 29.7. The molecule has 3 aromatic rings. The molecule has 5 heteroatoms. The smallest absolute Gasteiger partial charge is 0.240 e. The normalized spacial score (nSPS) is 12.6. The van der Waals surface area contributed by atoms with Crippen LogP contribution in [0.25, 0.3) is 0 Å². The predicted molar refractivity (Wildman–Crippen MR) is 150 cm³/mol. The topological polar surface area (TPSA) is 49.4 Å². The molecule has 0 fully saturated rings. The molecule has 1 unspecified atom stereocenters. The van der Waals surface area contributed by atoms with Crippen LogP contribution in [-0.4, -0.2) is 25.9 Å². The minimum absolute atomic E-state index is 0.157. The first kappa shape index (κ1) is 28.1. The quantitative estimate of drug-likeness (QED) is 0.211. The lowest BCUT2D eigenvalue weighted by Gasteiger charge is -2.28. The number of hydrogen-bond donors (Lipinski definition) is 1. The Hall–Kier alpha value is -2.47. The van der Waals surface area contributed by atoms with Crippen molar-refractivity contribution >= 4 is 10.0 Å². The number of nitrogens with zero attached hydrogens (tertiary/aromatic N) is 1. The fourth-order valence-corrected chi connectivity index (χ4v) is 5.81. The molecule has 0 bridgehead atoms. The average molecular weight is 507 g/mol. The minimum atomic E-state index is -3.60. The van der Waals surface area contributed by atoms with Gasteiger partial charge in [-0.25, -0.2) is 13.1 Å². The van der Waals surface area contributed by atoms with E-state index in [-0.39, 0.29) is 6.04 Å². The lowest BCUT2D eigenvalue weighted by Crippen LogP contribution is -2.43. The number of hydrogen-bond acceptors (Lipinski definition) is 3. The molecule has 0 amide bonds. The molecule has 0 saturated heterocycles. The van der Waals surface area contributed by atoms with E-state index in [1.54, 1.807) is 12.1 Å². The van der Waals surface area contributed by atoms with E-state index in [9.17, 15) is 8.42 Å². The van der Waals surface area contributed by atoms with Gasteiger partial charge in [0.25, 0.3) is 0 Å². The average Bonchev–Trinajstić information content (AvgIpc) is 2.87. The minimum Gasteiger partial charge on any atom is -0.293 e. The van der Waals surface area contributed by atoms with Crippen LogP contribution < -0.4 is 4.72 Å². The van der Waals surface area contributed by atoms with Crippen molar-refractivity contribution in [3.63, 3.8) is 0 Å². The van der Waals surface area contributed by atoms with Crippen LogP contribution in [-0.2, 0) is 23.1 Å². The Balaban J connectivity index is 1.76. The van der Waals surface area contributed by atoms with E-state index in [2.05, 4.69) is 65.1 Å². The lowest BCUT2D eigenvalue weighted by molar-refractivity contribution is 0.228. The van der Waals surface area contributed by atoms with Crippen LogP contribution in [0.5, 0.6) is 0 Å². The third-order valence-electron chi connectivity index (χ3n) is 6.54. The molecule has 0 aliphatic carbocycles. The van der Waals surface area contributed by atoms with Gasteiger partial charge in [0.1, 0.15) is 0 Å². The van der Waals surface area contributed by atoms with Gasteiger partial charge in [-0.05, 0) is 36.6 Å². The highest BCUT2D eigenvalue weighted by Crippen LogP contribution is 2.17. The highest BCUT2D eigenvalue weighted by Gasteiger charge is 2.22. The van der Waals surface area contributed by atoms with Crippen molar-refractivity contribution in [2.45, 2.75) is 82.8 Å². The van der Waals surface area contributed by atoms with Crippen LogP contribution in [0.4, 0.5) is 0 Å². The summed E-state index contributed by atoms with van der Waals surface area (Å²) in [6.45, 7) is 6.40. The Labute approximate surface area is 218 Å². The van der Waals surface area contributed by atoms with Gasteiger partial charge >= 0.3 is 0 Å². The second-order valence-corrected chi connectivity index (χ2v) is 11.5. The molecule has 1 atom stereocenters. The van der Waals surface area contributed by atoms with E-state index >= 15 is 0 Å². The monoisotopic (exact) mass is 506 g/mol. The molecule has 0 radical (unpaired) electrons. The number of nitrogens with one attached hydrogen (secondary N) is 1. The molecule has 0 spiro atoms. The first-order chi connectivity index (χ1) is 17.5. The lowest BCUT2D eigenvalue weighted by atomic mass is 10.0. The van der Waals surface area contributed by atoms with Crippen LogP contribution >= 0.6 is 0 Å². The molecular formula is C31H42N2O2S. The molecule has 0 saturated carbocycles. The van der Waals surface area contributed by atoms with Crippen LogP contribution in [0.2, 0.25) is 0 Å². The van der Waals surface area contributed by atoms with Gasteiger partial charge in [-0.3, -0.25) is 4.90 Å². The molecule has 0 aromatic heterocycles. The van der Waals surface area contributed by atoms with Crippen LogP contribution in [0, 0.1) is 6.92 Å². The van der Waals surface area contributed by atoms with Gasteiger partial charge in [-0.15, -0.1) is 0 Å². The third kappa shape index (κ3) is 9.88. The Morgan fingerprint density at radius 1 is 0.722 bits per heavy atom. The number of sulfonamides is 1. The van der Waals surface area contributed by atoms with Crippen molar-refractivity contribution in [1.82, 2.24) is 9.62 Å². The number of unbranched alkanes of at least 4 members (excludes halogenated alkanes) is 5. The van der Waals surface area contributed by atoms with Gasteiger partial charge in [-0.2, -0.15) is 0 Å². The number of rotatable bonds is 16. The van der Waals surface area contributed by atoms with Gasteiger partial charge in [0, 0.05) is 25.7 Å². The molecule has 1 N–H and O–H groups in total. The van der Waals surface area contributed by atoms with Crippen LogP contribution in [0.3, 0.4) is 0 Å². The van der Waals surface area contributed by atoms with Crippen molar-refractivity contribution in [3.8, 4) is 0 Å². The molecule has 4 nitrogen and oxygen atoms in total.